The van der Waals surface area contributed by atoms with Gasteiger partial charge in [-0.15, -0.1) is 0 Å². The molecule has 1 aromatic carbocycles. The Labute approximate surface area is 168 Å². The van der Waals surface area contributed by atoms with Crippen molar-refractivity contribution >= 4 is 5.96 Å². The van der Waals surface area contributed by atoms with E-state index >= 15 is 0 Å². The number of ether oxygens (including phenoxy) is 1. The Kier molecular flexibility index (Phi) is 8.40. The van der Waals surface area contributed by atoms with Crippen molar-refractivity contribution in [2.24, 2.45) is 4.99 Å². The molecule has 0 atom stereocenters. The lowest BCUT2D eigenvalue weighted by atomic mass is 10.1. The van der Waals surface area contributed by atoms with Gasteiger partial charge in [-0.05, 0) is 37.6 Å². The van der Waals surface area contributed by atoms with Crippen LogP contribution in [0.2, 0.25) is 0 Å². The lowest BCUT2D eigenvalue weighted by Gasteiger charge is -2.26. The van der Waals surface area contributed by atoms with E-state index in [0.29, 0.717) is 6.54 Å². The summed E-state index contributed by atoms with van der Waals surface area (Å²) in [5.74, 6) is 1.84. The second-order valence-corrected chi connectivity index (χ2v) is 7.14. The number of nitrogens with one attached hydrogen (secondary N) is 2. The first-order valence-corrected chi connectivity index (χ1v) is 10.2. The maximum atomic E-state index is 5.41. The molecule has 1 aliphatic rings. The quantitative estimate of drug-likeness (QED) is 0.395. The Morgan fingerprint density at radius 3 is 2.61 bits per heavy atom. The summed E-state index contributed by atoms with van der Waals surface area (Å²) in [6.07, 6.45) is 3.64. The van der Waals surface area contributed by atoms with Gasteiger partial charge in [0, 0.05) is 32.6 Å². The molecule has 0 saturated carbocycles. The van der Waals surface area contributed by atoms with Crippen LogP contribution in [-0.2, 0) is 17.7 Å². The van der Waals surface area contributed by atoms with Gasteiger partial charge in [-0.25, -0.2) is 4.99 Å². The average Bonchev–Trinajstić information content (AvgIpc) is 3.24. The topological polar surface area (TPSA) is 62.0 Å². The summed E-state index contributed by atoms with van der Waals surface area (Å²) in [6.45, 7) is 9.33. The molecule has 0 aliphatic carbocycles. The molecule has 1 aliphatic heterocycles. The molecule has 28 heavy (non-hydrogen) atoms. The van der Waals surface area contributed by atoms with Crippen LogP contribution in [0.3, 0.4) is 0 Å². The standard InChI is InChI=1S/C22H32N4O2/c1-19-5-7-20(8-6-19)18-25-22(24-11-9-21-4-2-15-28-21)23-10-3-12-26-13-16-27-17-14-26/h2,4-8,15H,3,9-14,16-18H2,1H3,(H2,23,24,25). The number of hydrogen-bond donors (Lipinski definition) is 2. The summed E-state index contributed by atoms with van der Waals surface area (Å²) in [5, 5.41) is 6.89. The van der Waals surface area contributed by atoms with E-state index in [4.69, 9.17) is 14.1 Å². The number of furan rings is 1. The minimum atomic E-state index is 0.666. The molecule has 2 N–H and O–H groups in total. The molecule has 6 nitrogen and oxygen atoms in total. The Balaban J connectivity index is 1.45. The zero-order valence-corrected chi connectivity index (χ0v) is 16.8. The van der Waals surface area contributed by atoms with Crippen molar-refractivity contribution in [3.8, 4) is 0 Å². The molecule has 6 heteroatoms. The van der Waals surface area contributed by atoms with Crippen LogP contribution in [0.25, 0.3) is 0 Å². The first kappa shape index (κ1) is 20.4. The molecular formula is C22H32N4O2. The molecule has 3 rings (SSSR count). The molecule has 1 aromatic heterocycles. The van der Waals surface area contributed by atoms with Gasteiger partial charge < -0.3 is 19.8 Å². The van der Waals surface area contributed by atoms with Crippen LogP contribution in [0.15, 0.2) is 52.1 Å². The van der Waals surface area contributed by atoms with Crippen molar-refractivity contribution in [3.63, 3.8) is 0 Å². The van der Waals surface area contributed by atoms with Gasteiger partial charge in [0.15, 0.2) is 5.96 Å². The summed E-state index contributed by atoms with van der Waals surface area (Å²) in [7, 11) is 0. The highest BCUT2D eigenvalue weighted by molar-refractivity contribution is 5.79. The third kappa shape index (κ3) is 7.37. The SMILES string of the molecule is Cc1ccc(CN=C(NCCCN2CCOCC2)NCCc2ccco2)cc1. The largest absolute Gasteiger partial charge is 0.469 e. The summed E-state index contributed by atoms with van der Waals surface area (Å²) in [5.41, 5.74) is 2.48. The van der Waals surface area contributed by atoms with Crippen molar-refractivity contribution < 1.29 is 9.15 Å². The maximum Gasteiger partial charge on any atom is 0.191 e. The van der Waals surface area contributed by atoms with E-state index in [1.54, 1.807) is 6.26 Å². The van der Waals surface area contributed by atoms with Crippen molar-refractivity contribution in [2.45, 2.75) is 26.3 Å². The smallest absolute Gasteiger partial charge is 0.191 e. The highest BCUT2D eigenvalue weighted by Gasteiger charge is 2.09. The van der Waals surface area contributed by atoms with E-state index in [0.717, 1.165) is 70.5 Å². The third-order valence-corrected chi connectivity index (χ3v) is 4.83. The Bertz CT molecular complexity index is 692. The molecule has 1 saturated heterocycles. The molecule has 1 fully saturated rings. The summed E-state index contributed by atoms with van der Waals surface area (Å²) >= 11 is 0. The zero-order chi connectivity index (χ0) is 19.4. The number of hydrogen-bond acceptors (Lipinski definition) is 4. The predicted molar refractivity (Wildman–Crippen MR) is 113 cm³/mol. The second-order valence-electron chi connectivity index (χ2n) is 7.14. The molecule has 0 bridgehead atoms. The fourth-order valence-electron chi connectivity index (χ4n) is 3.13. The molecular weight excluding hydrogens is 352 g/mol. The summed E-state index contributed by atoms with van der Waals surface area (Å²) in [6, 6.07) is 12.5. The van der Waals surface area contributed by atoms with Gasteiger partial charge in [0.05, 0.1) is 26.0 Å². The maximum absolute atomic E-state index is 5.41. The highest BCUT2D eigenvalue weighted by Crippen LogP contribution is 2.04. The summed E-state index contributed by atoms with van der Waals surface area (Å²) in [4.78, 5) is 7.21. The van der Waals surface area contributed by atoms with Gasteiger partial charge in [0.1, 0.15) is 5.76 Å². The number of morpholine rings is 1. The van der Waals surface area contributed by atoms with E-state index in [9.17, 15) is 0 Å². The monoisotopic (exact) mass is 384 g/mol. The third-order valence-electron chi connectivity index (χ3n) is 4.83. The van der Waals surface area contributed by atoms with E-state index in [1.807, 2.05) is 12.1 Å². The van der Waals surface area contributed by atoms with E-state index in [-0.39, 0.29) is 0 Å². The van der Waals surface area contributed by atoms with Crippen LogP contribution in [-0.4, -0.2) is 56.8 Å². The Hall–Kier alpha value is -2.31. The highest BCUT2D eigenvalue weighted by atomic mass is 16.5. The van der Waals surface area contributed by atoms with Gasteiger partial charge in [-0.1, -0.05) is 29.8 Å². The van der Waals surface area contributed by atoms with Crippen LogP contribution in [0.1, 0.15) is 23.3 Å². The predicted octanol–water partition coefficient (Wildman–Crippen LogP) is 2.59. The van der Waals surface area contributed by atoms with Gasteiger partial charge in [0.2, 0.25) is 0 Å². The number of aliphatic imine (C=N–C) groups is 1. The second kappa shape index (κ2) is 11.5. The first-order valence-electron chi connectivity index (χ1n) is 10.2. The minimum absolute atomic E-state index is 0.666. The van der Waals surface area contributed by atoms with Crippen molar-refractivity contribution in [1.29, 1.82) is 0 Å². The molecule has 2 heterocycles. The molecule has 2 aromatic rings. The Morgan fingerprint density at radius 2 is 1.86 bits per heavy atom. The number of benzene rings is 1. The van der Waals surface area contributed by atoms with E-state index in [2.05, 4.69) is 46.7 Å². The fraction of sp³-hybridized carbons (Fsp3) is 0.500. The van der Waals surface area contributed by atoms with Crippen LogP contribution >= 0.6 is 0 Å². The zero-order valence-electron chi connectivity index (χ0n) is 16.8. The van der Waals surface area contributed by atoms with Crippen LogP contribution in [0, 0.1) is 6.92 Å². The Morgan fingerprint density at radius 1 is 1.07 bits per heavy atom. The van der Waals surface area contributed by atoms with E-state index in [1.165, 1.54) is 11.1 Å². The van der Waals surface area contributed by atoms with Crippen LogP contribution < -0.4 is 10.6 Å². The van der Waals surface area contributed by atoms with Crippen molar-refractivity contribution in [3.05, 3.63) is 59.5 Å². The lowest BCUT2D eigenvalue weighted by Crippen LogP contribution is -2.41. The fourth-order valence-corrected chi connectivity index (χ4v) is 3.13. The number of nitrogens with zero attached hydrogens (tertiary/aromatic N) is 2. The van der Waals surface area contributed by atoms with Crippen LogP contribution in [0.4, 0.5) is 0 Å². The molecule has 152 valence electrons. The number of aryl methyl sites for hydroxylation is 1. The first-order chi connectivity index (χ1) is 13.8. The van der Waals surface area contributed by atoms with E-state index < -0.39 is 0 Å². The molecule has 0 unspecified atom stereocenters. The number of guanidine groups is 1. The average molecular weight is 385 g/mol. The molecule has 0 amide bonds. The lowest BCUT2D eigenvalue weighted by molar-refractivity contribution is 0.0376. The molecule has 0 radical (unpaired) electrons. The van der Waals surface area contributed by atoms with Gasteiger partial charge in [0.25, 0.3) is 0 Å². The minimum Gasteiger partial charge on any atom is -0.469 e. The normalized spacial score (nSPS) is 15.5. The number of rotatable bonds is 9. The van der Waals surface area contributed by atoms with Gasteiger partial charge >= 0.3 is 0 Å². The van der Waals surface area contributed by atoms with Gasteiger partial charge in [-0.3, -0.25) is 4.90 Å². The summed E-state index contributed by atoms with van der Waals surface area (Å²) < 4.78 is 10.8. The van der Waals surface area contributed by atoms with Gasteiger partial charge in [-0.2, -0.15) is 0 Å². The van der Waals surface area contributed by atoms with Crippen molar-refractivity contribution in [1.82, 2.24) is 15.5 Å². The van der Waals surface area contributed by atoms with Crippen molar-refractivity contribution in [2.75, 3.05) is 45.9 Å². The van der Waals surface area contributed by atoms with Crippen LogP contribution in [0.5, 0.6) is 0 Å². The molecule has 0 spiro atoms.